The second kappa shape index (κ2) is 6.38. The van der Waals surface area contributed by atoms with Gasteiger partial charge >= 0.3 is 21.3 Å². The van der Waals surface area contributed by atoms with Crippen LogP contribution >= 0.6 is 0 Å². The molecule has 4 aliphatic carbocycles. The molecule has 0 saturated heterocycles. The van der Waals surface area contributed by atoms with Gasteiger partial charge in [-0.15, -0.1) is 0 Å². The Morgan fingerprint density at radius 1 is 1.12 bits per heavy atom. The maximum atomic E-state index is 13.2. The Balaban J connectivity index is 1.48. The minimum absolute atomic E-state index is 0.410. The lowest BCUT2D eigenvalue weighted by molar-refractivity contribution is -0.182. The highest BCUT2D eigenvalue weighted by Crippen LogP contribution is 2.60. The van der Waals surface area contributed by atoms with Gasteiger partial charge in [0.25, 0.3) is 6.36 Å². The Hall–Kier alpha value is -0.870. The molecule has 0 aromatic rings. The zero-order valence-corrected chi connectivity index (χ0v) is 14.3. The maximum absolute atomic E-state index is 13.2. The topological polar surface area (TPSA) is 89.9 Å². The van der Waals surface area contributed by atoms with E-state index in [9.17, 15) is 26.4 Å². The molecule has 0 amide bonds. The van der Waals surface area contributed by atoms with Gasteiger partial charge in [-0.1, -0.05) is 0 Å². The Bertz CT molecular complexity index is 600. The largest absolute Gasteiger partial charge is 0.463 e. The molecule has 144 valence electrons. The van der Waals surface area contributed by atoms with Crippen LogP contribution in [-0.2, 0) is 24.4 Å². The molecule has 4 rings (SSSR count). The molecule has 1 atom stereocenters. The number of hydrogen-bond acceptors (Lipinski definition) is 5. The van der Waals surface area contributed by atoms with Crippen LogP contribution in [0.15, 0.2) is 0 Å². The molecule has 1 N–H and O–H groups in total. The van der Waals surface area contributed by atoms with Crippen LogP contribution in [0.3, 0.4) is 0 Å². The summed E-state index contributed by atoms with van der Waals surface area (Å²) in [6.45, 7) is -1.19. The third kappa shape index (κ3) is 3.52. The molecule has 4 aliphatic rings. The number of rotatable bonds is 7. The number of carbonyl (C=O) groups excluding carboxylic acids is 1. The number of ether oxygens (including phenoxy) is 2. The summed E-state index contributed by atoms with van der Waals surface area (Å²) < 4.78 is 77.3. The van der Waals surface area contributed by atoms with Crippen molar-refractivity contribution in [2.45, 2.75) is 50.1 Å². The number of carbonyl (C=O) groups is 1. The smallest absolute Gasteiger partial charge is 0.423 e. The average molecular weight is 386 g/mol. The molecule has 4 bridgehead atoms. The fraction of sp³-hybridized carbons (Fsp3) is 0.933. The highest BCUT2D eigenvalue weighted by atomic mass is 32.2. The molecule has 6 nitrogen and oxygen atoms in total. The summed E-state index contributed by atoms with van der Waals surface area (Å²) in [7, 11) is -5.93. The molecule has 4 fully saturated rings. The van der Waals surface area contributed by atoms with E-state index in [1.54, 1.807) is 0 Å². The molecule has 1 unspecified atom stereocenters. The Kier molecular flexibility index (Phi) is 4.83. The zero-order valence-electron chi connectivity index (χ0n) is 13.5. The van der Waals surface area contributed by atoms with Gasteiger partial charge in [-0.25, -0.2) is 4.39 Å². The van der Waals surface area contributed by atoms with Gasteiger partial charge in [0.2, 0.25) is 0 Å². The lowest BCUT2D eigenvalue weighted by Crippen LogP contribution is -2.50. The van der Waals surface area contributed by atoms with E-state index in [1.807, 2.05) is 0 Å². The van der Waals surface area contributed by atoms with Crippen molar-refractivity contribution in [3.8, 4) is 0 Å². The van der Waals surface area contributed by atoms with E-state index >= 15 is 0 Å². The first-order valence-electron chi connectivity index (χ1n) is 8.31. The van der Waals surface area contributed by atoms with Crippen molar-refractivity contribution in [2.75, 3.05) is 13.2 Å². The molecule has 0 radical (unpaired) electrons. The summed E-state index contributed by atoms with van der Waals surface area (Å²) in [4.78, 5) is 12.4. The van der Waals surface area contributed by atoms with Gasteiger partial charge in [0.05, 0.1) is 12.0 Å². The van der Waals surface area contributed by atoms with Crippen molar-refractivity contribution < 1.29 is 40.4 Å². The number of hydrogen-bond donors (Lipinski definition) is 1. The van der Waals surface area contributed by atoms with Crippen molar-refractivity contribution in [1.82, 2.24) is 0 Å². The van der Waals surface area contributed by atoms with Crippen LogP contribution in [0, 0.1) is 23.2 Å². The number of esters is 1. The third-order valence-corrected chi connectivity index (χ3v) is 6.53. The van der Waals surface area contributed by atoms with Gasteiger partial charge < -0.3 is 9.47 Å². The Labute approximate surface area is 143 Å². The van der Waals surface area contributed by atoms with E-state index < -0.39 is 46.3 Å². The standard InChI is InChI=1S/C15H21F3O6S/c16-12(15(17,18)25(20,21)22)23-1-2-24-13(19)14-6-9-3-10(7-14)5-11(4-9)8-14/h9-12H,1-8H2,(H,20,21,22). The van der Waals surface area contributed by atoms with Crippen LogP contribution in [0.1, 0.15) is 38.5 Å². The summed E-state index contributed by atoms with van der Waals surface area (Å²) in [6.07, 6.45) is 2.19. The summed E-state index contributed by atoms with van der Waals surface area (Å²) in [5.41, 5.74) is -0.526. The lowest BCUT2D eigenvalue weighted by Gasteiger charge is -2.55. The minimum atomic E-state index is -5.93. The van der Waals surface area contributed by atoms with Crippen LogP contribution < -0.4 is 0 Å². The zero-order chi connectivity index (χ0) is 18.5. The van der Waals surface area contributed by atoms with Crippen LogP contribution in [0.2, 0.25) is 0 Å². The van der Waals surface area contributed by atoms with Crippen molar-refractivity contribution in [3.05, 3.63) is 0 Å². The Morgan fingerprint density at radius 2 is 1.60 bits per heavy atom. The predicted molar refractivity (Wildman–Crippen MR) is 78.9 cm³/mol. The number of alkyl halides is 3. The van der Waals surface area contributed by atoms with Gasteiger partial charge in [-0.3, -0.25) is 9.35 Å². The highest BCUT2D eigenvalue weighted by Gasteiger charge is 2.56. The van der Waals surface area contributed by atoms with Gasteiger partial charge in [-0.05, 0) is 56.3 Å². The van der Waals surface area contributed by atoms with E-state index in [4.69, 9.17) is 9.29 Å². The number of halogens is 3. The van der Waals surface area contributed by atoms with E-state index in [1.165, 1.54) is 0 Å². The first-order chi connectivity index (χ1) is 11.5. The van der Waals surface area contributed by atoms with Gasteiger partial charge in [0.1, 0.15) is 6.61 Å². The van der Waals surface area contributed by atoms with Crippen molar-refractivity contribution in [3.63, 3.8) is 0 Å². The molecular formula is C15H21F3O6S. The summed E-state index contributed by atoms with van der Waals surface area (Å²) in [5, 5.41) is -5.07. The van der Waals surface area contributed by atoms with Crippen LogP contribution in [0.5, 0.6) is 0 Å². The molecule has 0 aromatic heterocycles. The van der Waals surface area contributed by atoms with E-state index in [-0.39, 0.29) is 0 Å². The Morgan fingerprint density at radius 3 is 2.04 bits per heavy atom. The molecule has 4 saturated carbocycles. The minimum Gasteiger partial charge on any atom is -0.463 e. The lowest BCUT2D eigenvalue weighted by atomic mass is 9.49. The highest BCUT2D eigenvalue weighted by molar-refractivity contribution is 7.86. The van der Waals surface area contributed by atoms with E-state index in [2.05, 4.69) is 4.74 Å². The van der Waals surface area contributed by atoms with Crippen LogP contribution in [-0.4, -0.2) is 43.8 Å². The van der Waals surface area contributed by atoms with E-state index in [0.29, 0.717) is 17.8 Å². The van der Waals surface area contributed by atoms with Crippen molar-refractivity contribution in [2.24, 2.45) is 23.2 Å². The monoisotopic (exact) mass is 386 g/mol. The quantitative estimate of drug-likeness (QED) is 0.411. The molecule has 0 heterocycles. The van der Waals surface area contributed by atoms with Crippen LogP contribution in [0.4, 0.5) is 13.2 Å². The van der Waals surface area contributed by atoms with Gasteiger partial charge in [0.15, 0.2) is 0 Å². The first-order valence-corrected chi connectivity index (χ1v) is 9.75. The molecule has 0 aliphatic heterocycles. The normalized spacial score (nSPS) is 35.6. The second-order valence-electron chi connectivity index (χ2n) is 7.56. The SMILES string of the molecule is O=C(OCCOC(F)C(F)(F)S(=O)(=O)O)C12CC3CC(CC(C3)C1)C2. The summed E-state index contributed by atoms with van der Waals surface area (Å²) in [6, 6.07) is 0. The molecule has 25 heavy (non-hydrogen) atoms. The average Bonchev–Trinajstić information content (AvgIpc) is 2.48. The fourth-order valence-electron chi connectivity index (χ4n) is 5.01. The van der Waals surface area contributed by atoms with Crippen molar-refractivity contribution >= 4 is 16.1 Å². The molecule has 0 aromatic carbocycles. The fourth-order valence-corrected chi connectivity index (χ4v) is 5.32. The molecular weight excluding hydrogens is 365 g/mol. The third-order valence-electron chi connectivity index (χ3n) is 5.66. The van der Waals surface area contributed by atoms with Gasteiger partial charge in [-0.2, -0.15) is 17.2 Å². The van der Waals surface area contributed by atoms with E-state index in [0.717, 1.165) is 38.5 Å². The van der Waals surface area contributed by atoms with Crippen molar-refractivity contribution in [1.29, 1.82) is 0 Å². The van der Waals surface area contributed by atoms with Crippen LogP contribution in [0.25, 0.3) is 0 Å². The molecule has 0 spiro atoms. The summed E-state index contributed by atoms with van der Waals surface area (Å²) >= 11 is 0. The molecule has 10 heteroatoms. The maximum Gasteiger partial charge on any atom is 0.423 e. The first kappa shape index (κ1) is 18.9. The predicted octanol–water partition coefficient (Wildman–Crippen LogP) is 2.54. The van der Waals surface area contributed by atoms with Gasteiger partial charge in [0, 0.05) is 0 Å². The summed E-state index contributed by atoms with van der Waals surface area (Å²) in [5.74, 6) is 1.17. The second-order valence-corrected chi connectivity index (χ2v) is 9.05.